The molecule has 0 aliphatic carbocycles. The zero-order valence-corrected chi connectivity index (χ0v) is 21.1. The van der Waals surface area contributed by atoms with E-state index in [0.29, 0.717) is 11.3 Å². The van der Waals surface area contributed by atoms with Crippen molar-refractivity contribution in [2.45, 2.75) is 57.5 Å². The predicted molar refractivity (Wildman–Crippen MR) is 129 cm³/mol. The molecule has 1 aliphatic rings. The highest BCUT2D eigenvalue weighted by Crippen LogP contribution is 2.39. The van der Waals surface area contributed by atoms with Crippen LogP contribution in [0, 0.1) is 0 Å². The number of aromatic hydroxyl groups is 1. The van der Waals surface area contributed by atoms with Crippen molar-refractivity contribution in [2.24, 2.45) is 0 Å². The SMILES string of the molecule is C=CCOC(=O)O[C@H]1Cc2cc(O)ccc2N(C(=O)OCC=C)[C@@H]1CO[Si](C)(C)C(C)(C)C. The van der Waals surface area contributed by atoms with Crippen molar-refractivity contribution >= 4 is 26.3 Å². The van der Waals surface area contributed by atoms with Gasteiger partial charge in [-0.3, -0.25) is 4.90 Å². The molecule has 1 aromatic carbocycles. The van der Waals surface area contributed by atoms with E-state index in [-0.39, 0.29) is 37.0 Å². The summed E-state index contributed by atoms with van der Waals surface area (Å²) in [5.74, 6) is 0.0390. The number of rotatable bonds is 8. The molecule has 2 rings (SSSR count). The molecule has 0 saturated heterocycles. The van der Waals surface area contributed by atoms with Gasteiger partial charge in [-0.15, -0.1) is 0 Å². The van der Waals surface area contributed by atoms with Gasteiger partial charge in [0, 0.05) is 6.42 Å². The van der Waals surface area contributed by atoms with Crippen molar-refractivity contribution in [3.8, 4) is 5.75 Å². The van der Waals surface area contributed by atoms with E-state index < -0.39 is 32.7 Å². The average Bonchev–Trinajstić information content (AvgIpc) is 2.73. The van der Waals surface area contributed by atoms with Crippen LogP contribution >= 0.6 is 0 Å². The fraction of sp³-hybridized carbons (Fsp3) is 0.500. The number of benzene rings is 1. The minimum absolute atomic E-state index is 0.000839. The van der Waals surface area contributed by atoms with Gasteiger partial charge in [0.15, 0.2) is 8.32 Å². The number of carbonyl (C=O) groups excluding carboxylic acids is 2. The second-order valence-electron chi connectivity index (χ2n) is 9.40. The summed E-state index contributed by atoms with van der Waals surface area (Å²) in [6.07, 6.45) is 0.897. The summed E-state index contributed by atoms with van der Waals surface area (Å²) in [5, 5.41) is 9.94. The van der Waals surface area contributed by atoms with E-state index >= 15 is 0 Å². The number of fused-ring (bicyclic) bond motifs is 1. The van der Waals surface area contributed by atoms with Crippen molar-refractivity contribution in [3.05, 3.63) is 49.1 Å². The molecule has 8 nitrogen and oxygen atoms in total. The number of nitrogens with zero attached hydrogens (tertiary/aromatic N) is 1. The van der Waals surface area contributed by atoms with Crippen LogP contribution in [0.2, 0.25) is 18.1 Å². The summed E-state index contributed by atoms with van der Waals surface area (Å²) >= 11 is 0. The van der Waals surface area contributed by atoms with Crippen LogP contribution in [0.3, 0.4) is 0 Å². The topological polar surface area (TPSA) is 94.5 Å². The van der Waals surface area contributed by atoms with Crippen molar-refractivity contribution < 1.29 is 33.3 Å². The van der Waals surface area contributed by atoms with Gasteiger partial charge in [-0.1, -0.05) is 46.1 Å². The number of phenols is 1. The molecule has 0 unspecified atom stereocenters. The van der Waals surface area contributed by atoms with Gasteiger partial charge in [-0.25, -0.2) is 9.59 Å². The number of hydrogen-bond donors (Lipinski definition) is 1. The summed E-state index contributed by atoms with van der Waals surface area (Å²) in [5.41, 5.74) is 1.20. The molecule has 33 heavy (non-hydrogen) atoms. The van der Waals surface area contributed by atoms with Crippen LogP contribution in [0.5, 0.6) is 5.75 Å². The van der Waals surface area contributed by atoms with Crippen LogP contribution in [0.25, 0.3) is 0 Å². The maximum absolute atomic E-state index is 13.1. The van der Waals surface area contributed by atoms with Crippen LogP contribution < -0.4 is 4.90 Å². The Bertz CT molecular complexity index is 878. The third kappa shape index (κ3) is 6.61. The van der Waals surface area contributed by atoms with Crippen LogP contribution in [-0.2, 0) is 25.1 Å². The molecular formula is C24H35NO7Si. The lowest BCUT2D eigenvalue weighted by Crippen LogP contribution is -2.57. The first-order chi connectivity index (χ1) is 15.4. The molecule has 1 heterocycles. The van der Waals surface area contributed by atoms with Crippen LogP contribution in [0.15, 0.2) is 43.5 Å². The summed E-state index contributed by atoms with van der Waals surface area (Å²) in [7, 11) is -2.19. The summed E-state index contributed by atoms with van der Waals surface area (Å²) < 4.78 is 22.4. The van der Waals surface area contributed by atoms with E-state index in [1.54, 1.807) is 12.1 Å². The maximum atomic E-state index is 13.1. The first-order valence-corrected chi connectivity index (χ1v) is 13.8. The quantitative estimate of drug-likeness (QED) is 0.313. The van der Waals surface area contributed by atoms with E-state index in [9.17, 15) is 14.7 Å². The number of ether oxygens (including phenoxy) is 3. The van der Waals surface area contributed by atoms with Crippen LogP contribution in [0.1, 0.15) is 26.3 Å². The molecule has 182 valence electrons. The zero-order chi connectivity index (χ0) is 24.8. The van der Waals surface area contributed by atoms with Gasteiger partial charge in [-0.05, 0) is 41.9 Å². The Morgan fingerprint density at radius 3 is 2.42 bits per heavy atom. The first-order valence-electron chi connectivity index (χ1n) is 10.9. The Morgan fingerprint density at radius 2 is 1.82 bits per heavy atom. The second-order valence-corrected chi connectivity index (χ2v) is 14.2. The van der Waals surface area contributed by atoms with Gasteiger partial charge in [0.05, 0.1) is 18.3 Å². The molecule has 0 fully saturated rings. The van der Waals surface area contributed by atoms with E-state index in [1.807, 2.05) is 0 Å². The molecule has 1 amide bonds. The normalized spacial score (nSPS) is 18.2. The molecule has 9 heteroatoms. The Labute approximate surface area is 196 Å². The molecule has 0 spiro atoms. The molecule has 1 N–H and O–H groups in total. The Kier molecular flexibility index (Phi) is 8.74. The van der Waals surface area contributed by atoms with Gasteiger partial charge < -0.3 is 23.7 Å². The largest absolute Gasteiger partial charge is 0.508 e. The smallest absolute Gasteiger partial charge is 0.508 e. The minimum Gasteiger partial charge on any atom is -0.508 e. The Morgan fingerprint density at radius 1 is 1.18 bits per heavy atom. The van der Waals surface area contributed by atoms with Crippen LogP contribution in [0.4, 0.5) is 15.3 Å². The molecule has 0 bridgehead atoms. The average molecular weight is 478 g/mol. The molecular weight excluding hydrogens is 442 g/mol. The predicted octanol–water partition coefficient (Wildman–Crippen LogP) is 5.18. The number of anilines is 1. The molecule has 0 saturated carbocycles. The van der Waals surface area contributed by atoms with Crippen molar-refractivity contribution in [3.63, 3.8) is 0 Å². The van der Waals surface area contributed by atoms with E-state index in [1.165, 1.54) is 23.1 Å². The first kappa shape index (κ1) is 26.5. The molecule has 0 radical (unpaired) electrons. The van der Waals surface area contributed by atoms with Crippen molar-refractivity contribution in [1.29, 1.82) is 0 Å². The lowest BCUT2D eigenvalue weighted by Gasteiger charge is -2.43. The van der Waals surface area contributed by atoms with E-state index in [2.05, 4.69) is 47.0 Å². The third-order valence-electron chi connectivity index (χ3n) is 6.01. The summed E-state index contributed by atoms with van der Waals surface area (Å²) in [4.78, 5) is 26.8. The van der Waals surface area contributed by atoms with Crippen molar-refractivity contribution in [1.82, 2.24) is 0 Å². The Balaban J connectivity index is 2.46. The second kappa shape index (κ2) is 10.9. The summed E-state index contributed by atoms with van der Waals surface area (Å²) in [6.45, 7) is 17.8. The molecule has 1 aliphatic heterocycles. The fourth-order valence-corrected chi connectivity index (χ4v) is 4.22. The minimum atomic E-state index is -2.19. The standard InChI is InChI=1S/C24H35NO7Si/c1-8-12-29-22(27)25-19-11-10-18(26)14-17(19)15-21(32-23(28)30-13-9-2)20(25)16-31-33(6,7)24(3,4)5/h8-11,14,20-21,26H,1-2,12-13,15-16H2,3-7H3/t20-,21+/m1/s1. The lowest BCUT2D eigenvalue weighted by atomic mass is 9.93. The van der Waals surface area contributed by atoms with Gasteiger partial charge in [-0.2, -0.15) is 0 Å². The van der Waals surface area contributed by atoms with Gasteiger partial charge in [0.1, 0.15) is 25.1 Å². The molecule has 0 aromatic heterocycles. The highest BCUT2D eigenvalue weighted by molar-refractivity contribution is 6.74. The monoisotopic (exact) mass is 477 g/mol. The molecule has 1 aromatic rings. The highest BCUT2D eigenvalue weighted by Gasteiger charge is 2.44. The van der Waals surface area contributed by atoms with Crippen LogP contribution in [-0.4, -0.2) is 57.6 Å². The van der Waals surface area contributed by atoms with E-state index in [4.69, 9.17) is 18.6 Å². The zero-order valence-electron chi connectivity index (χ0n) is 20.1. The summed E-state index contributed by atoms with van der Waals surface area (Å²) in [6, 6.07) is 4.02. The third-order valence-corrected chi connectivity index (χ3v) is 10.5. The van der Waals surface area contributed by atoms with Gasteiger partial charge in [0.25, 0.3) is 0 Å². The molecule has 2 atom stereocenters. The highest BCUT2D eigenvalue weighted by atomic mass is 28.4. The van der Waals surface area contributed by atoms with Gasteiger partial charge >= 0.3 is 12.2 Å². The maximum Gasteiger partial charge on any atom is 0.508 e. The Hall–Kier alpha value is -2.78. The number of amides is 1. The van der Waals surface area contributed by atoms with Crippen molar-refractivity contribution in [2.75, 3.05) is 24.7 Å². The van der Waals surface area contributed by atoms with Gasteiger partial charge in [0.2, 0.25) is 0 Å². The number of carbonyl (C=O) groups is 2. The van der Waals surface area contributed by atoms with E-state index in [0.717, 1.165) is 0 Å². The number of phenolic OH excluding ortho intramolecular Hbond substituents is 1. The fourth-order valence-electron chi connectivity index (χ4n) is 3.20. The number of hydrogen-bond acceptors (Lipinski definition) is 7. The lowest BCUT2D eigenvalue weighted by molar-refractivity contribution is 0.00983.